The number of β-amino-alcohol motifs (C(OH)–C–C–N with tert-alkyl or cyclic N) is 1. The number of rotatable bonds is 2. The molecule has 1 saturated carbocycles. The molecule has 25 heavy (non-hydrogen) atoms. The van der Waals surface area contributed by atoms with Gasteiger partial charge in [-0.25, -0.2) is 0 Å². The Morgan fingerprint density at radius 3 is 2.44 bits per heavy atom. The van der Waals surface area contributed by atoms with E-state index in [0.29, 0.717) is 11.5 Å². The van der Waals surface area contributed by atoms with Crippen LogP contribution in [0, 0.1) is 5.41 Å². The summed E-state index contributed by atoms with van der Waals surface area (Å²) in [5.41, 5.74) is 1.79. The summed E-state index contributed by atoms with van der Waals surface area (Å²) >= 11 is 0. The normalized spacial score (nSPS) is 28.8. The van der Waals surface area contributed by atoms with Crippen molar-refractivity contribution in [1.29, 1.82) is 0 Å². The molecule has 1 aromatic rings. The smallest absolute Gasteiger partial charge is 0.0841 e. The zero-order valence-corrected chi connectivity index (χ0v) is 15.2. The number of nitrogens with one attached hydrogen (secondary N) is 1. The first-order valence-electron chi connectivity index (χ1n) is 10.0. The minimum atomic E-state index is -0.273. The van der Waals surface area contributed by atoms with E-state index in [2.05, 4.69) is 20.1 Å². The number of hydrogen-bond donors (Lipinski definition) is 2. The lowest BCUT2D eigenvalue weighted by Crippen LogP contribution is -2.46. The molecule has 3 fully saturated rings. The molecule has 5 heteroatoms. The van der Waals surface area contributed by atoms with E-state index in [-0.39, 0.29) is 6.10 Å². The first-order chi connectivity index (χ1) is 12.2. The Balaban J connectivity index is 1.36. The maximum absolute atomic E-state index is 10.6. The van der Waals surface area contributed by atoms with Gasteiger partial charge >= 0.3 is 0 Å². The Morgan fingerprint density at radius 2 is 1.72 bits per heavy atom. The minimum absolute atomic E-state index is 0.273. The highest BCUT2D eigenvalue weighted by molar-refractivity contribution is 5.44. The summed E-state index contributed by atoms with van der Waals surface area (Å²) < 4.78 is 0. The van der Waals surface area contributed by atoms with Crippen molar-refractivity contribution in [1.82, 2.24) is 15.2 Å². The summed E-state index contributed by atoms with van der Waals surface area (Å²) in [5, 5.41) is 14.1. The molecule has 1 aliphatic carbocycles. The van der Waals surface area contributed by atoms with Crippen molar-refractivity contribution in [2.75, 3.05) is 44.2 Å². The average molecular weight is 345 g/mol. The van der Waals surface area contributed by atoms with Gasteiger partial charge in [0.1, 0.15) is 0 Å². The van der Waals surface area contributed by atoms with E-state index in [1.54, 1.807) is 0 Å². The van der Waals surface area contributed by atoms with Crippen LogP contribution in [0.1, 0.15) is 38.5 Å². The van der Waals surface area contributed by atoms with Crippen LogP contribution in [0.15, 0.2) is 24.5 Å². The molecule has 0 aromatic carbocycles. The van der Waals surface area contributed by atoms with Gasteiger partial charge in [0.05, 0.1) is 6.10 Å². The maximum atomic E-state index is 10.6. The molecular weight excluding hydrogens is 312 g/mol. The molecule has 0 bridgehead atoms. The van der Waals surface area contributed by atoms with Crippen LogP contribution in [-0.2, 0) is 0 Å². The van der Waals surface area contributed by atoms with Crippen LogP contribution in [0.4, 0.5) is 5.69 Å². The standard InChI is InChI=1S/C20H32N4O/c25-19-15-23(13-14-24(16-19)18-3-9-21-10-4-18)17-1-5-20(6-2-17)7-11-22-12-8-20/h3-4,9-10,17,19,22,25H,1-2,5-8,11-16H2/t19-/m0/s1. The van der Waals surface area contributed by atoms with Crippen LogP contribution >= 0.6 is 0 Å². The predicted octanol–water partition coefficient (Wildman–Crippen LogP) is 1.88. The van der Waals surface area contributed by atoms with Crippen molar-refractivity contribution in [3.05, 3.63) is 24.5 Å². The molecule has 1 atom stereocenters. The van der Waals surface area contributed by atoms with Gasteiger partial charge in [0.25, 0.3) is 0 Å². The van der Waals surface area contributed by atoms with E-state index in [0.717, 1.165) is 26.2 Å². The monoisotopic (exact) mass is 344 g/mol. The van der Waals surface area contributed by atoms with Crippen molar-refractivity contribution in [3.63, 3.8) is 0 Å². The molecule has 5 nitrogen and oxygen atoms in total. The molecule has 138 valence electrons. The zero-order valence-electron chi connectivity index (χ0n) is 15.2. The number of hydrogen-bond acceptors (Lipinski definition) is 5. The Bertz CT molecular complexity index is 536. The Morgan fingerprint density at radius 1 is 1.00 bits per heavy atom. The van der Waals surface area contributed by atoms with Gasteiger partial charge in [-0.05, 0) is 69.2 Å². The number of aliphatic hydroxyl groups is 1. The van der Waals surface area contributed by atoms with Gasteiger partial charge in [0.15, 0.2) is 0 Å². The van der Waals surface area contributed by atoms with Gasteiger partial charge in [-0.15, -0.1) is 0 Å². The quantitative estimate of drug-likeness (QED) is 0.858. The Labute approximate surface area is 151 Å². The van der Waals surface area contributed by atoms with Gasteiger partial charge in [-0.2, -0.15) is 0 Å². The molecule has 2 N–H and O–H groups in total. The number of nitrogens with zero attached hydrogens (tertiary/aromatic N) is 3. The largest absolute Gasteiger partial charge is 0.390 e. The van der Waals surface area contributed by atoms with Crippen LogP contribution < -0.4 is 10.2 Å². The molecule has 3 aliphatic rings. The van der Waals surface area contributed by atoms with Crippen LogP contribution in [0.5, 0.6) is 0 Å². The summed E-state index contributed by atoms with van der Waals surface area (Å²) in [5.74, 6) is 0. The highest BCUT2D eigenvalue weighted by atomic mass is 16.3. The zero-order chi connectivity index (χ0) is 17.1. The first-order valence-corrected chi connectivity index (χ1v) is 10.0. The second-order valence-corrected chi connectivity index (χ2v) is 8.28. The average Bonchev–Trinajstić information content (AvgIpc) is 2.85. The van der Waals surface area contributed by atoms with E-state index in [9.17, 15) is 5.11 Å². The van der Waals surface area contributed by atoms with Crippen LogP contribution in [0.3, 0.4) is 0 Å². The molecule has 4 rings (SSSR count). The molecule has 1 spiro atoms. The topological polar surface area (TPSA) is 51.6 Å². The van der Waals surface area contributed by atoms with Crippen molar-refractivity contribution < 1.29 is 5.11 Å². The second-order valence-electron chi connectivity index (χ2n) is 8.28. The van der Waals surface area contributed by atoms with Crippen LogP contribution in [0.2, 0.25) is 0 Å². The van der Waals surface area contributed by atoms with Crippen molar-refractivity contribution in [2.24, 2.45) is 5.41 Å². The summed E-state index contributed by atoms with van der Waals surface area (Å²) in [6.07, 6.45) is 11.5. The lowest BCUT2D eigenvalue weighted by atomic mass is 9.67. The van der Waals surface area contributed by atoms with Gasteiger partial charge in [0.2, 0.25) is 0 Å². The fourth-order valence-corrected chi connectivity index (χ4v) is 5.17. The molecule has 0 amide bonds. The van der Waals surface area contributed by atoms with Gasteiger partial charge < -0.3 is 15.3 Å². The molecule has 3 heterocycles. The predicted molar refractivity (Wildman–Crippen MR) is 101 cm³/mol. The SMILES string of the molecule is O[C@@H]1CN(c2ccncc2)CCN(C2CCC3(CCNCC3)CC2)C1. The highest BCUT2D eigenvalue weighted by Gasteiger charge is 2.38. The minimum Gasteiger partial charge on any atom is -0.390 e. The van der Waals surface area contributed by atoms with Gasteiger partial charge in [-0.1, -0.05) is 0 Å². The van der Waals surface area contributed by atoms with E-state index < -0.39 is 0 Å². The fraction of sp³-hybridized carbons (Fsp3) is 0.750. The highest BCUT2D eigenvalue weighted by Crippen LogP contribution is 2.44. The third-order valence-corrected chi connectivity index (χ3v) is 6.76. The lowest BCUT2D eigenvalue weighted by molar-refractivity contribution is 0.0467. The molecule has 1 aromatic heterocycles. The lowest BCUT2D eigenvalue weighted by Gasteiger charge is -2.45. The van der Waals surface area contributed by atoms with Gasteiger partial charge in [0, 0.05) is 50.3 Å². The van der Waals surface area contributed by atoms with E-state index >= 15 is 0 Å². The third-order valence-electron chi connectivity index (χ3n) is 6.76. The van der Waals surface area contributed by atoms with Crippen molar-refractivity contribution >= 4 is 5.69 Å². The number of aliphatic hydroxyl groups excluding tert-OH is 1. The number of anilines is 1. The number of aromatic nitrogens is 1. The number of piperidine rings is 1. The molecule has 2 aliphatic heterocycles. The second kappa shape index (κ2) is 7.60. The molecule has 0 radical (unpaired) electrons. The van der Waals surface area contributed by atoms with Crippen molar-refractivity contribution in [3.8, 4) is 0 Å². The molecule has 0 unspecified atom stereocenters. The first kappa shape index (κ1) is 17.3. The summed E-state index contributed by atoms with van der Waals surface area (Å²) in [4.78, 5) is 8.99. The maximum Gasteiger partial charge on any atom is 0.0841 e. The molecular formula is C20H32N4O. The summed E-state index contributed by atoms with van der Waals surface area (Å²) in [6, 6.07) is 4.75. The molecule has 2 saturated heterocycles. The Hall–Kier alpha value is -1.17. The number of pyridine rings is 1. The Kier molecular flexibility index (Phi) is 5.25. The van der Waals surface area contributed by atoms with Crippen LogP contribution in [0.25, 0.3) is 0 Å². The van der Waals surface area contributed by atoms with Crippen molar-refractivity contribution in [2.45, 2.75) is 50.7 Å². The van der Waals surface area contributed by atoms with Gasteiger partial charge in [-0.3, -0.25) is 9.88 Å². The summed E-state index contributed by atoms with van der Waals surface area (Å²) in [7, 11) is 0. The fourth-order valence-electron chi connectivity index (χ4n) is 5.17. The summed E-state index contributed by atoms with van der Waals surface area (Å²) in [6.45, 7) is 6.00. The van der Waals surface area contributed by atoms with E-state index in [1.165, 1.54) is 57.3 Å². The van der Waals surface area contributed by atoms with E-state index in [1.807, 2.05) is 24.5 Å². The van der Waals surface area contributed by atoms with Crippen LogP contribution in [-0.4, -0.2) is 66.4 Å². The third kappa shape index (κ3) is 3.99. The van der Waals surface area contributed by atoms with E-state index in [4.69, 9.17) is 0 Å².